The predicted molar refractivity (Wildman–Crippen MR) is 156 cm³/mol. The van der Waals surface area contributed by atoms with Gasteiger partial charge in [0.2, 0.25) is 0 Å². The number of allylic oxidation sites excluding steroid dienone is 1. The maximum Gasteiger partial charge on any atom is 0.471 e. The van der Waals surface area contributed by atoms with Crippen molar-refractivity contribution in [3.8, 4) is 28.0 Å². The van der Waals surface area contributed by atoms with Gasteiger partial charge in [0, 0.05) is 11.3 Å². The number of carbonyl (C=O) groups is 1. The number of hydrogen-bond donors (Lipinski definition) is 1. The maximum absolute atomic E-state index is 12.6. The van der Waals surface area contributed by atoms with Crippen LogP contribution in [0.15, 0.2) is 79.4 Å². The lowest BCUT2D eigenvalue weighted by molar-refractivity contribution is -0.167. The van der Waals surface area contributed by atoms with E-state index in [-0.39, 0.29) is 5.69 Å². The summed E-state index contributed by atoms with van der Waals surface area (Å²) in [6.45, 7) is 14.9. The van der Waals surface area contributed by atoms with Gasteiger partial charge in [0.25, 0.3) is 0 Å². The molecule has 206 valence electrons. The number of benzene rings is 4. The SMILES string of the molecule is C=C(C)c1cc(-c2c(C)c(C)c(-c3ccc(NC(=O)C(F)(F)F)cc3)c(C)c2C)ccc1OCc1ccccc1. The Morgan fingerprint density at radius 2 is 1.32 bits per heavy atom. The van der Waals surface area contributed by atoms with Crippen LogP contribution in [0, 0.1) is 27.7 Å². The zero-order chi connectivity index (χ0) is 29.2. The van der Waals surface area contributed by atoms with E-state index in [0.717, 1.165) is 67.0 Å². The smallest absolute Gasteiger partial charge is 0.471 e. The van der Waals surface area contributed by atoms with E-state index in [9.17, 15) is 18.0 Å². The first-order chi connectivity index (χ1) is 18.9. The van der Waals surface area contributed by atoms with Crippen molar-refractivity contribution in [3.63, 3.8) is 0 Å². The van der Waals surface area contributed by atoms with Gasteiger partial charge in [0.1, 0.15) is 12.4 Å². The first-order valence-electron chi connectivity index (χ1n) is 12.9. The number of ether oxygens (including phenoxy) is 1. The zero-order valence-electron chi connectivity index (χ0n) is 23.3. The number of amides is 1. The third-order valence-corrected chi connectivity index (χ3v) is 7.28. The summed E-state index contributed by atoms with van der Waals surface area (Å²) in [6, 6.07) is 22.6. The van der Waals surface area contributed by atoms with Gasteiger partial charge in [-0.15, -0.1) is 0 Å². The van der Waals surface area contributed by atoms with E-state index >= 15 is 0 Å². The quantitative estimate of drug-likeness (QED) is 0.252. The molecule has 3 nitrogen and oxygen atoms in total. The van der Waals surface area contributed by atoms with Gasteiger partial charge in [-0.3, -0.25) is 4.79 Å². The fourth-order valence-corrected chi connectivity index (χ4v) is 4.98. The van der Waals surface area contributed by atoms with Gasteiger partial charge in [-0.05, 0) is 115 Å². The zero-order valence-corrected chi connectivity index (χ0v) is 23.3. The van der Waals surface area contributed by atoms with Crippen LogP contribution in [-0.2, 0) is 11.4 Å². The van der Waals surface area contributed by atoms with Crippen LogP contribution in [0.5, 0.6) is 5.75 Å². The van der Waals surface area contributed by atoms with Gasteiger partial charge in [-0.2, -0.15) is 13.2 Å². The Morgan fingerprint density at radius 3 is 1.85 bits per heavy atom. The molecule has 0 unspecified atom stereocenters. The fraction of sp³-hybridized carbons (Fsp3) is 0.206. The number of halogens is 3. The molecule has 0 aliphatic rings. The molecule has 4 aromatic carbocycles. The molecule has 0 aromatic heterocycles. The Kier molecular flexibility index (Phi) is 8.19. The molecular formula is C34H32F3NO2. The molecule has 0 saturated heterocycles. The number of nitrogens with one attached hydrogen (secondary N) is 1. The summed E-state index contributed by atoms with van der Waals surface area (Å²) in [4.78, 5) is 11.3. The van der Waals surface area contributed by atoms with Gasteiger partial charge >= 0.3 is 12.1 Å². The van der Waals surface area contributed by atoms with E-state index in [1.54, 1.807) is 12.1 Å². The lowest BCUT2D eigenvalue weighted by Crippen LogP contribution is -2.29. The van der Waals surface area contributed by atoms with Crippen LogP contribution in [0.1, 0.15) is 40.3 Å². The molecule has 0 saturated carbocycles. The standard InChI is InChI=1S/C34H32F3NO2/c1-20(2)29-18-27(14-17-30(29)40-19-25-10-8-7-9-11-25)32-23(5)21(3)31(22(4)24(32)6)26-12-15-28(16-13-26)38-33(39)34(35,36)37/h7-18H,1,19H2,2-6H3,(H,38,39). The average Bonchev–Trinajstić information content (AvgIpc) is 2.92. The van der Waals surface area contributed by atoms with Gasteiger partial charge in [-0.25, -0.2) is 0 Å². The van der Waals surface area contributed by atoms with Crippen molar-refractivity contribution < 1.29 is 22.7 Å². The molecule has 1 N–H and O–H groups in total. The van der Waals surface area contributed by atoms with E-state index in [0.29, 0.717) is 6.61 Å². The Labute approximate surface area is 233 Å². The average molecular weight is 544 g/mol. The van der Waals surface area contributed by atoms with Gasteiger partial charge in [0.15, 0.2) is 0 Å². The molecule has 0 bridgehead atoms. The molecule has 0 heterocycles. The molecule has 0 fully saturated rings. The third kappa shape index (κ3) is 5.96. The highest BCUT2D eigenvalue weighted by molar-refractivity contribution is 5.95. The number of anilines is 1. The molecule has 0 spiro atoms. The van der Waals surface area contributed by atoms with E-state index < -0.39 is 12.1 Å². The van der Waals surface area contributed by atoms with Crippen LogP contribution < -0.4 is 10.1 Å². The molecule has 0 aliphatic carbocycles. The Hall–Kier alpha value is -4.32. The highest BCUT2D eigenvalue weighted by Crippen LogP contribution is 2.41. The lowest BCUT2D eigenvalue weighted by atomic mass is 9.83. The minimum Gasteiger partial charge on any atom is -0.488 e. The number of alkyl halides is 3. The number of rotatable bonds is 7. The number of carbonyl (C=O) groups excluding carboxylic acids is 1. The van der Waals surface area contributed by atoms with Crippen molar-refractivity contribution in [3.05, 3.63) is 113 Å². The molecule has 4 rings (SSSR count). The van der Waals surface area contributed by atoms with Crippen molar-refractivity contribution in [1.82, 2.24) is 0 Å². The van der Waals surface area contributed by atoms with Crippen LogP contribution in [0.2, 0.25) is 0 Å². The van der Waals surface area contributed by atoms with Crippen LogP contribution in [0.4, 0.5) is 18.9 Å². The van der Waals surface area contributed by atoms with Crippen LogP contribution in [-0.4, -0.2) is 12.1 Å². The summed E-state index contributed by atoms with van der Waals surface area (Å²) in [7, 11) is 0. The van der Waals surface area contributed by atoms with Gasteiger partial charge in [-0.1, -0.05) is 55.1 Å². The summed E-state index contributed by atoms with van der Waals surface area (Å²) in [5, 5.41) is 1.90. The summed E-state index contributed by atoms with van der Waals surface area (Å²) in [5.41, 5.74) is 11.5. The van der Waals surface area contributed by atoms with Crippen molar-refractivity contribution in [2.24, 2.45) is 0 Å². The second-order valence-electron chi connectivity index (χ2n) is 10.0. The largest absolute Gasteiger partial charge is 0.488 e. The van der Waals surface area contributed by atoms with E-state index in [4.69, 9.17) is 4.74 Å². The molecule has 0 radical (unpaired) electrons. The minimum atomic E-state index is -4.94. The lowest BCUT2D eigenvalue weighted by Gasteiger charge is -2.22. The Balaban J connectivity index is 1.69. The second kappa shape index (κ2) is 11.4. The summed E-state index contributed by atoms with van der Waals surface area (Å²) in [6.07, 6.45) is -4.94. The van der Waals surface area contributed by atoms with E-state index in [1.807, 2.05) is 48.6 Å². The number of hydrogen-bond acceptors (Lipinski definition) is 2. The van der Waals surface area contributed by atoms with Crippen molar-refractivity contribution in [2.75, 3.05) is 5.32 Å². The van der Waals surface area contributed by atoms with Crippen LogP contribution in [0.25, 0.3) is 27.8 Å². The topological polar surface area (TPSA) is 38.3 Å². The molecule has 40 heavy (non-hydrogen) atoms. The van der Waals surface area contributed by atoms with Crippen molar-refractivity contribution >= 4 is 17.2 Å². The minimum absolute atomic E-state index is 0.0911. The third-order valence-electron chi connectivity index (χ3n) is 7.28. The monoisotopic (exact) mass is 543 g/mol. The first kappa shape index (κ1) is 28.7. The molecule has 4 aromatic rings. The predicted octanol–water partition coefficient (Wildman–Crippen LogP) is 9.37. The van der Waals surface area contributed by atoms with Crippen molar-refractivity contribution in [2.45, 2.75) is 47.4 Å². The molecular weight excluding hydrogens is 511 g/mol. The summed E-state index contributed by atoms with van der Waals surface area (Å²) in [5.74, 6) is -1.22. The Morgan fingerprint density at radius 1 is 0.800 bits per heavy atom. The van der Waals surface area contributed by atoms with Gasteiger partial charge in [0.05, 0.1) is 0 Å². The van der Waals surface area contributed by atoms with E-state index in [2.05, 4.69) is 46.4 Å². The van der Waals surface area contributed by atoms with Crippen molar-refractivity contribution in [1.29, 1.82) is 0 Å². The highest BCUT2D eigenvalue weighted by atomic mass is 19.4. The van der Waals surface area contributed by atoms with Crippen LogP contribution >= 0.6 is 0 Å². The summed E-state index contributed by atoms with van der Waals surface area (Å²) >= 11 is 0. The fourth-order valence-electron chi connectivity index (χ4n) is 4.98. The molecule has 0 atom stereocenters. The molecule has 6 heteroatoms. The van der Waals surface area contributed by atoms with Crippen LogP contribution in [0.3, 0.4) is 0 Å². The maximum atomic E-state index is 12.6. The van der Waals surface area contributed by atoms with E-state index in [1.165, 1.54) is 12.1 Å². The van der Waals surface area contributed by atoms with Gasteiger partial charge < -0.3 is 10.1 Å². The second-order valence-corrected chi connectivity index (χ2v) is 10.0. The summed E-state index contributed by atoms with van der Waals surface area (Å²) < 4.78 is 44.0. The normalized spacial score (nSPS) is 11.3. The first-order valence-corrected chi connectivity index (χ1v) is 12.9. The molecule has 1 amide bonds. The molecule has 0 aliphatic heterocycles. The highest BCUT2D eigenvalue weighted by Gasteiger charge is 2.38. The Bertz CT molecular complexity index is 1540.